The third kappa shape index (κ3) is 2.86. The summed E-state index contributed by atoms with van der Waals surface area (Å²) >= 11 is 0. The zero-order valence-electron chi connectivity index (χ0n) is 15.2. The predicted molar refractivity (Wildman–Crippen MR) is 105 cm³/mol. The van der Waals surface area contributed by atoms with Gasteiger partial charge in [-0.15, -0.1) is 0 Å². The maximum atomic E-state index is 12.8. The highest BCUT2D eigenvalue weighted by Crippen LogP contribution is 2.30. The molecule has 2 N–H and O–H groups in total. The molecule has 1 saturated heterocycles. The number of hydrogen-bond acceptors (Lipinski definition) is 3. The SMILES string of the molecule is Cc1ccc2c(-c3cccc(C(=O)N4CC[C@@H](N)C4)c3)ccnc2c1C. The molecule has 2 aromatic carbocycles. The van der Waals surface area contributed by atoms with E-state index in [-0.39, 0.29) is 11.9 Å². The summed E-state index contributed by atoms with van der Waals surface area (Å²) in [5.74, 6) is 0.0604. The Morgan fingerprint density at radius 3 is 2.81 bits per heavy atom. The number of pyridine rings is 1. The Bertz CT molecular complexity index is 996. The number of aromatic nitrogens is 1. The van der Waals surface area contributed by atoms with E-state index in [0.717, 1.165) is 35.0 Å². The van der Waals surface area contributed by atoms with Gasteiger partial charge in [-0.1, -0.05) is 24.3 Å². The van der Waals surface area contributed by atoms with Crippen molar-refractivity contribution in [2.45, 2.75) is 26.3 Å². The first-order valence-corrected chi connectivity index (χ1v) is 9.05. The molecule has 0 spiro atoms. The van der Waals surface area contributed by atoms with Crippen LogP contribution in [-0.2, 0) is 0 Å². The number of aryl methyl sites for hydroxylation is 2. The number of nitrogens with two attached hydrogens (primary N) is 1. The van der Waals surface area contributed by atoms with E-state index < -0.39 is 0 Å². The van der Waals surface area contributed by atoms with Gasteiger partial charge in [0, 0.05) is 36.3 Å². The minimum absolute atomic E-state index is 0.0604. The van der Waals surface area contributed by atoms with Crippen molar-refractivity contribution < 1.29 is 4.79 Å². The number of benzene rings is 2. The fraction of sp³-hybridized carbons (Fsp3) is 0.273. The van der Waals surface area contributed by atoms with Crippen molar-refractivity contribution in [1.29, 1.82) is 0 Å². The lowest BCUT2D eigenvalue weighted by Crippen LogP contribution is -2.31. The maximum absolute atomic E-state index is 12.8. The molecule has 1 aliphatic rings. The number of fused-ring (bicyclic) bond motifs is 1. The van der Waals surface area contributed by atoms with Crippen LogP contribution in [0.3, 0.4) is 0 Å². The Balaban J connectivity index is 1.77. The summed E-state index contributed by atoms with van der Waals surface area (Å²) < 4.78 is 0. The number of hydrogen-bond donors (Lipinski definition) is 1. The third-order valence-electron chi connectivity index (χ3n) is 5.37. The summed E-state index contributed by atoms with van der Waals surface area (Å²) in [4.78, 5) is 19.2. The number of amides is 1. The van der Waals surface area contributed by atoms with Crippen molar-refractivity contribution in [2.75, 3.05) is 13.1 Å². The molecule has 1 aromatic heterocycles. The summed E-state index contributed by atoms with van der Waals surface area (Å²) in [5, 5.41) is 1.11. The van der Waals surface area contributed by atoms with Crippen LogP contribution in [0, 0.1) is 13.8 Å². The molecule has 0 unspecified atom stereocenters. The van der Waals surface area contributed by atoms with Crippen LogP contribution < -0.4 is 5.73 Å². The molecule has 1 aliphatic heterocycles. The van der Waals surface area contributed by atoms with Crippen molar-refractivity contribution in [2.24, 2.45) is 5.73 Å². The van der Waals surface area contributed by atoms with E-state index in [0.29, 0.717) is 12.1 Å². The molecule has 26 heavy (non-hydrogen) atoms. The van der Waals surface area contributed by atoms with Crippen LogP contribution in [0.4, 0.5) is 0 Å². The van der Waals surface area contributed by atoms with Crippen molar-refractivity contribution in [1.82, 2.24) is 9.88 Å². The fourth-order valence-electron chi connectivity index (χ4n) is 3.69. The molecule has 4 rings (SSSR count). The molecule has 0 bridgehead atoms. The Kier molecular flexibility index (Phi) is 4.21. The van der Waals surface area contributed by atoms with Crippen LogP contribution in [0.15, 0.2) is 48.7 Å². The quantitative estimate of drug-likeness (QED) is 0.770. The second-order valence-electron chi connectivity index (χ2n) is 7.14. The van der Waals surface area contributed by atoms with Crippen molar-refractivity contribution in [3.8, 4) is 11.1 Å². The summed E-state index contributed by atoms with van der Waals surface area (Å²) in [7, 11) is 0. The Morgan fingerprint density at radius 1 is 1.19 bits per heavy atom. The predicted octanol–water partition coefficient (Wildman–Crippen LogP) is 3.69. The average Bonchev–Trinajstić information content (AvgIpc) is 3.10. The second kappa shape index (κ2) is 6.54. The molecular formula is C22H23N3O. The van der Waals surface area contributed by atoms with Crippen LogP contribution in [0.1, 0.15) is 27.9 Å². The summed E-state index contributed by atoms with van der Waals surface area (Å²) in [6, 6.07) is 14.2. The molecule has 1 amide bonds. The molecule has 0 radical (unpaired) electrons. The minimum atomic E-state index is 0.0604. The molecular weight excluding hydrogens is 322 g/mol. The highest BCUT2D eigenvalue weighted by Gasteiger charge is 2.24. The lowest BCUT2D eigenvalue weighted by atomic mass is 9.96. The molecule has 1 atom stereocenters. The van der Waals surface area contributed by atoms with Crippen molar-refractivity contribution >= 4 is 16.8 Å². The summed E-state index contributed by atoms with van der Waals surface area (Å²) in [6.45, 7) is 5.58. The molecule has 4 heteroatoms. The largest absolute Gasteiger partial charge is 0.337 e. The van der Waals surface area contributed by atoms with Gasteiger partial charge in [0.05, 0.1) is 5.52 Å². The highest BCUT2D eigenvalue weighted by atomic mass is 16.2. The lowest BCUT2D eigenvalue weighted by molar-refractivity contribution is 0.0791. The summed E-state index contributed by atoms with van der Waals surface area (Å²) in [6.07, 6.45) is 2.72. The van der Waals surface area contributed by atoms with Gasteiger partial charge in [0.1, 0.15) is 0 Å². The van der Waals surface area contributed by atoms with E-state index in [1.54, 1.807) is 0 Å². The number of carbonyl (C=O) groups excluding carboxylic acids is 1. The molecule has 0 saturated carbocycles. The molecule has 3 aromatic rings. The van der Waals surface area contributed by atoms with Crippen LogP contribution in [0.5, 0.6) is 0 Å². The zero-order chi connectivity index (χ0) is 18.3. The topological polar surface area (TPSA) is 59.2 Å². The normalized spacial score (nSPS) is 17.0. The van der Waals surface area contributed by atoms with E-state index in [4.69, 9.17) is 5.73 Å². The smallest absolute Gasteiger partial charge is 0.253 e. The van der Waals surface area contributed by atoms with Gasteiger partial charge < -0.3 is 10.6 Å². The van der Waals surface area contributed by atoms with Crippen LogP contribution in [0.25, 0.3) is 22.0 Å². The van der Waals surface area contributed by atoms with Gasteiger partial charge in [0.2, 0.25) is 0 Å². The van der Waals surface area contributed by atoms with Crippen molar-refractivity contribution in [3.05, 3.63) is 65.4 Å². The van der Waals surface area contributed by atoms with Crippen LogP contribution in [0.2, 0.25) is 0 Å². The molecule has 132 valence electrons. The van der Waals surface area contributed by atoms with E-state index in [9.17, 15) is 4.79 Å². The number of nitrogens with zero attached hydrogens (tertiary/aromatic N) is 2. The standard InChI is InChI=1S/C22H23N3O/c1-14-6-7-20-19(8-10-24-21(20)15(14)2)16-4-3-5-17(12-16)22(26)25-11-9-18(23)13-25/h3-8,10,12,18H,9,11,13,23H2,1-2H3/t18-/m1/s1. The summed E-state index contributed by atoms with van der Waals surface area (Å²) in [5.41, 5.74) is 12.3. The Morgan fingerprint density at radius 2 is 2.04 bits per heavy atom. The van der Waals surface area contributed by atoms with Gasteiger partial charge in [0.15, 0.2) is 0 Å². The monoisotopic (exact) mass is 345 g/mol. The first-order valence-electron chi connectivity index (χ1n) is 9.05. The van der Waals surface area contributed by atoms with E-state index in [1.807, 2.05) is 35.4 Å². The number of rotatable bonds is 2. The second-order valence-corrected chi connectivity index (χ2v) is 7.14. The minimum Gasteiger partial charge on any atom is -0.337 e. The van der Waals surface area contributed by atoms with Gasteiger partial charge in [-0.2, -0.15) is 0 Å². The molecule has 1 fully saturated rings. The average molecular weight is 345 g/mol. The van der Waals surface area contributed by atoms with Gasteiger partial charge in [-0.25, -0.2) is 0 Å². The molecule has 4 nitrogen and oxygen atoms in total. The van der Waals surface area contributed by atoms with Gasteiger partial charge in [-0.3, -0.25) is 9.78 Å². The lowest BCUT2D eigenvalue weighted by Gasteiger charge is -2.16. The van der Waals surface area contributed by atoms with E-state index >= 15 is 0 Å². The third-order valence-corrected chi connectivity index (χ3v) is 5.37. The van der Waals surface area contributed by atoms with E-state index in [1.165, 1.54) is 11.1 Å². The molecule has 0 aliphatic carbocycles. The van der Waals surface area contributed by atoms with Crippen LogP contribution >= 0.6 is 0 Å². The van der Waals surface area contributed by atoms with Gasteiger partial charge in [-0.05, 0) is 60.7 Å². The Labute approximate surface area is 153 Å². The molecule has 2 heterocycles. The maximum Gasteiger partial charge on any atom is 0.253 e. The number of likely N-dealkylation sites (tertiary alicyclic amines) is 1. The van der Waals surface area contributed by atoms with Crippen LogP contribution in [-0.4, -0.2) is 34.9 Å². The number of carbonyl (C=O) groups is 1. The van der Waals surface area contributed by atoms with Crippen molar-refractivity contribution in [3.63, 3.8) is 0 Å². The van der Waals surface area contributed by atoms with Gasteiger partial charge >= 0.3 is 0 Å². The highest BCUT2D eigenvalue weighted by molar-refractivity contribution is 5.99. The van der Waals surface area contributed by atoms with E-state index in [2.05, 4.69) is 37.0 Å². The zero-order valence-corrected chi connectivity index (χ0v) is 15.2. The van der Waals surface area contributed by atoms with Gasteiger partial charge in [0.25, 0.3) is 5.91 Å². The Hall–Kier alpha value is -2.72. The fourth-order valence-corrected chi connectivity index (χ4v) is 3.69. The first-order chi connectivity index (χ1) is 12.5. The first kappa shape index (κ1) is 16.7.